The number of nitrogens with zero attached hydrogens (tertiary/aromatic N) is 2. The molecule has 1 aliphatic rings. The second kappa shape index (κ2) is 10.4. The smallest absolute Gasteiger partial charge is 0.255 e. The van der Waals surface area contributed by atoms with Gasteiger partial charge in [-0.2, -0.15) is 0 Å². The molecule has 1 aliphatic heterocycles. The maximum atomic E-state index is 12.8. The lowest BCUT2D eigenvalue weighted by Crippen LogP contribution is -2.48. The summed E-state index contributed by atoms with van der Waals surface area (Å²) in [6.07, 6.45) is 0. The number of anilines is 2. The van der Waals surface area contributed by atoms with Crippen LogP contribution in [-0.2, 0) is 11.4 Å². The van der Waals surface area contributed by atoms with Crippen LogP contribution in [0.1, 0.15) is 22.8 Å². The van der Waals surface area contributed by atoms with E-state index in [1.54, 1.807) is 31.2 Å². The number of rotatable bonds is 6. The number of ether oxygens (including phenoxy) is 1. The van der Waals surface area contributed by atoms with Crippen LogP contribution in [0.2, 0.25) is 5.02 Å². The van der Waals surface area contributed by atoms with Gasteiger partial charge in [0.2, 0.25) is 5.91 Å². The number of benzene rings is 3. The highest BCUT2D eigenvalue weighted by Crippen LogP contribution is 2.30. The molecule has 1 fully saturated rings. The third kappa shape index (κ3) is 5.84. The molecule has 4 rings (SSSR count). The predicted molar refractivity (Wildman–Crippen MR) is 131 cm³/mol. The van der Waals surface area contributed by atoms with Gasteiger partial charge in [-0.15, -0.1) is 0 Å². The summed E-state index contributed by atoms with van der Waals surface area (Å²) < 4.78 is 5.83. The zero-order valence-corrected chi connectivity index (χ0v) is 19.2. The number of nitrogens with one attached hydrogen (secondary N) is 1. The molecule has 3 aromatic carbocycles. The Kier molecular flexibility index (Phi) is 7.15. The van der Waals surface area contributed by atoms with Crippen molar-refractivity contribution < 1.29 is 14.3 Å². The van der Waals surface area contributed by atoms with Crippen molar-refractivity contribution in [3.05, 3.63) is 88.9 Å². The summed E-state index contributed by atoms with van der Waals surface area (Å²) in [4.78, 5) is 28.3. The van der Waals surface area contributed by atoms with Crippen LogP contribution in [0.25, 0.3) is 0 Å². The van der Waals surface area contributed by atoms with Crippen LogP contribution in [-0.4, -0.2) is 42.9 Å². The van der Waals surface area contributed by atoms with Gasteiger partial charge in [-0.1, -0.05) is 48.0 Å². The van der Waals surface area contributed by atoms with Crippen molar-refractivity contribution in [2.45, 2.75) is 13.5 Å². The first kappa shape index (κ1) is 22.7. The summed E-state index contributed by atoms with van der Waals surface area (Å²) in [5.41, 5.74) is 3.08. The summed E-state index contributed by atoms with van der Waals surface area (Å²) in [7, 11) is 0. The fraction of sp³-hybridized carbons (Fsp3) is 0.231. The SMILES string of the molecule is CC(=O)N1CCN(c2ccc(NC(=O)c3cccc(OCc4ccccc4)c3)cc2Cl)CC1. The molecule has 0 radical (unpaired) electrons. The molecule has 33 heavy (non-hydrogen) atoms. The summed E-state index contributed by atoms with van der Waals surface area (Å²) in [6, 6.07) is 22.5. The number of halogens is 1. The first-order valence-electron chi connectivity index (χ1n) is 10.9. The fourth-order valence-electron chi connectivity index (χ4n) is 3.77. The van der Waals surface area contributed by atoms with Gasteiger partial charge in [-0.05, 0) is 42.0 Å². The Bertz CT molecular complexity index is 1130. The summed E-state index contributed by atoms with van der Waals surface area (Å²) in [5.74, 6) is 0.483. The molecule has 0 bridgehead atoms. The van der Waals surface area contributed by atoms with Gasteiger partial charge in [0, 0.05) is 44.4 Å². The number of carbonyl (C=O) groups excluding carboxylic acids is 2. The Balaban J connectivity index is 1.37. The predicted octanol–water partition coefficient (Wildman–Crippen LogP) is 4.84. The molecule has 6 nitrogen and oxygen atoms in total. The Morgan fingerprint density at radius 1 is 0.939 bits per heavy atom. The molecule has 170 valence electrons. The lowest BCUT2D eigenvalue weighted by Gasteiger charge is -2.36. The van der Waals surface area contributed by atoms with Crippen LogP contribution in [0.15, 0.2) is 72.8 Å². The molecule has 0 saturated carbocycles. The number of amides is 2. The van der Waals surface area contributed by atoms with E-state index < -0.39 is 0 Å². The van der Waals surface area contributed by atoms with E-state index >= 15 is 0 Å². The topological polar surface area (TPSA) is 61.9 Å². The van der Waals surface area contributed by atoms with Crippen LogP contribution in [0.5, 0.6) is 5.75 Å². The molecule has 0 unspecified atom stereocenters. The minimum atomic E-state index is -0.237. The number of piperazine rings is 1. The van der Waals surface area contributed by atoms with Gasteiger partial charge in [-0.3, -0.25) is 9.59 Å². The molecule has 7 heteroatoms. The molecule has 1 N–H and O–H groups in total. The third-order valence-corrected chi connectivity index (χ3v) is 5.92. The zero-order valence-electron chi connectivity index (χ0n) is 18.5. The quantitative estimate of drug-likeness (QED) is 0.568. The monoisotopic (exact) mass is 463 g/mol. The van der Waals surface area contributed by atoms with Gasteiger partial charge in [0.25, 0.3) is 5.91 Å². The van der Waals surface area contributed by atoms with Crippen LogP contribution in [0.3, 0.4) is 0 Å². The molecule has 0 aromatic heterocycles. The molecular weight excluding hydrogens is 438 g/mol. The standard InChI is InChI=1S/C26H26ClN3O3/c1-19(31)29-12-14-30(15-13-29)25-11-10-22(17-24(25)27)28-26(32)21-8-5-9-23(16-21)33-18-20-6-3-2-4-7-20/h2-11,16-17H,12-15,18H2,1H3,(H,28,32). The maximum absolute atomic E-state index is 12.8. The third-order valence-electron chi connectivity index (χ3n) is 5.62. The first-order valence-corrected chi connectivity index (χ1v) is 11.3. The van der Waals surface area contributed by atoms with Gasteiger partial charge in [0.1, 0.15) is 12.4 Å². The minimum Gasteiger partial charge on any atom is -0.489 e. The Morgan fingerprint density at radius 2 is 1.70 bits per heavy atom. The van der Waals surface area contributed by atoms with Crippen molar-refractivity contribution in [2.75, 3.05) is 36.4 Å². The van der Waals surface area contributed by atoms with E-state index in [9.17, 15) is 9.59 Å². The van der Waals surface area contributed by atoms with Crippen molar-refractivity contribution >= 4 is 34.8 Å². The van der Waals surface area contributed by atoms with E-state index in [0.29, 0.717) is 41.7 Å². The Hall–Kier alpha value is -3.51. The average molecular weight is 464 g/mol. The summed E-state index contributed by atoms with van der Waals surface area (Å²) >= 11 is 6.52. The molecule has 2 amide bonds. The van der Waals surface area contributed by atoms with Crippen LogP contribution < -0.4 is 15.0 Å². The van der Waals surface area contributed by atoms with Crippen molar-refractivity contribution in [1.82, 2.24) is 4.90 Å². The van der Waals surface area contributed by atoms with Crippen molar-refractivity contribution in [2.24, 2.45) is 0 Å². The highest BCUT2D eigenvalue weighted by atomic mass is 35.5. The van der Waals surface area contributed by atoms with E-state index in [-0.39, 0.29) is 11.8 Å². The Morgan fingerprint density at radius 3 is 2.39 bits per heavy atom. The Labute approximate surface area is 198 Å². The highest BCUT2D eigenvalue weighted by Gasteiger charge is 2.20. The van der Waals surface area contributed by atoms with Gasteiger partial charge in [0.15, 0.2) is 0 Å². The second-order valence-corrected chi connectivity index (χ2v) is 8.32. The van der Waals surface area contributed by atoms with Gasteiger partial charge < -0.3 is 19.9 Å². The van der Waals surface area contributed by atoms with E-state index in [1.165, 1.54) is 0 Å². The van der Waals surface area contributed by atoms with E-state index in [0.717, 1.165) is 24.3 Å². The average Bonchev–Trinajstić information content (AvgIpc) is 2.84. The van der Waals surface area contributed by atoms with Crippen molar-refractivity contribution in [1.29, 1.82) is 0 Å². The van der Waals surface area contributed by atoms with E-state index in [1.807, 2.05) is 53.4 Å². The molecule has 0 spiro atoms. The molecule has 1 heterocycles. The largest absolute Gasteiger partial charge is 0.489 e. The molecule has 1 saturated heterocycles. The maximum Gasteiger partial charge on any atom is 0.255 e. The molecule has 0 atom stereocenters. The van der Waals surface area contributed by atoms with Crippen LogP contribution in [0, 0.1) is 0 Å². The lowest BCUT2D eigenvalue weighted by atomic mass is 10.2. The fourth-order valence-corrected chi connectivity index (χ4v) is 4.07. The second-order valence-electron chi connectivity index (χ2n) is 7.92. The highest BCUT2D eigenvalue weighted by molar-refractivity contribution is 6.33. The minimum absolute atomic E-state index is 0.0911. The lowest BCUT2D eigenvalue weighted by molar-refractivity contribution is -0.129. The normalized spacial score (nSPS) is 13.5. The van der Waals surface area contributed by atoms with E-state index in [2.05, 4.69) is 10.2 Å². The molecular formula is C26H26ClN3O3. The van der Waals surface area contributed by atoms with Crippen molar-refractivity contribution in [3.8, 4) is 5.75 Å². The van der Waals surface area contributed by atoms with Gasteiger partial charge in [-0.25, -0.2) is 0 Å². The van der Waals surface area contributed by atoms with Crippen LogP contribution in [0.4, 0.5) is 11.4 Å². The first-order chi connectivity index (χ1) is 16.0. The van der Waals surface area contributed by atoms with Gasteiger partial charge in [0.05, 0.1) is 10.7 Å². The summed E-state index contributed by atoms with van der Waals surface area (Å²) in [5, 5.41) is 3.46. The van der Waals surface area contributed by atoms with Crippen molar-refractivity contribution in [3.63, 3.8) is 0 Å². The molecule has 3 aromatic rings. The molecule has 0 aliphatic carbocycles. The zero-order chi connectivity index (χ0) is 23.2. The number of hydrogen-bond donors (Lipinski definition) is 1. The summed E-state index contributed by atoms with van der Waals surface area (Å²) in [6.45, 7) is 4.82. The van der Waals surface area contributed by atoms with Gasteiger partial charge >= 0.3 is 0 Å². The number of hydrogen-bond acceptors (Lipinski definition) is 4. The van der Waals surface area contributed by atoms with Crippen LogP contribution >= 0.6 is 11.6 Å². The van der Waals surface area contributed by atoms with E-state index in [4.69, 9.17) is 16.3 Å². The number of carbonyl (C=O) groups is 2.